The van der Waals surface area contributed by atoms with Gasteiger partial charge in [0.2, 0.25) is 13.5 Å². The summed E-state index contributed by atoms with van der Waals surface area (Å²) in [7, 11) is -3.11. The number of nitrogens with one attached hydrogen (secondary N) is 1. The molecule has 9 atom stereocenters. The quantitative estimate of drug-likeness (QED) is 0.182. The molecular weight excluding hydrogens is 600 g/mol. The van der Waals surface area contributed by atoms with Crippen molar-refractivity contribution >= 4 is 63.0 Å². The molecule has 3 fully saturated rings. The molecule has 6 unspecified atom stereocenters. The number of alkyl halides is 2. The maximum Gasteiger partial charge on any atom is 0.359 e. The number of hydrogen-bond acceptors (Lipinski definition) is 15. The first-order valence-corrected chi connectivity index (χ1v) is 14.6. The number of halogens is 2. The van der Waals surface area contributed by atoms with Crippen LogP contribution in [0.25, 0.3) is 22.3 Å². The fourth-order valence-electron chi connectivity index (χ4n) is 4.57. The molecule has 0 amide bonds. The van der Waals surface area contributed by atoms with Gasteiger partial charge in [-0.05, 0) is 0 Å². The highest BCUT2D eigenvalue weighted by Gasteiger charge is 2.63. The Bertz CT molecular complexity index is 1660. The molecule has 0 radical (unpaired) electrons. The van der Waals surface area contributed by atoms with Crippen LogP contribution in [0.5, 0.6) is 0 Å². The van der Waals surface area contributed by atoms with Crippen molar-refractivity contribution in [1.29, 1.82) is 0 Å². The molecule has 0 aromatic carbocycles. The van der Waals surface area contributed by atoms with Gasteiger partial charge >= 0.3 is 6.04 Å². The number of thiol groups is 1. The van der Waals surface area contributed by atoms with E-state index in [1.165, 1.54) is 28.1 Å². The number of H-pyrrole nitrogens is 1. The molecule has 3 aliphatic rings. The number of nitrogen functional groups attached to an aromatic ring is 2. The first kappa shape index (κ1) is 26.2. The average Bonchev–Trinajstić information content (AvgIpc) is 3.61. The molecule has 17 nitrogen and oxygen atoms in total. The summed E-state index contributed by atoms with van der Waals surface area (Å²) in [5, 5.41) is 0. The van der Waals surface area contributed by atoms with Gasteiger partial charge in [-0.15, -0.1) is 0 Å². The van der Waals surface area contributed by atoms with Gasteiger partial charge in [0.05, 0.1) is 19.3 Å². The van der Waals surface area contributed by atoms with Crippen LogP contribution in [-0.4, -0.2) is 76.2 Å². The van der Waals surface area contributed by atoms with Crippen molar-refractivity contribution in [2.24, 2.45) is 0 Å². The molecular formula is C18H18F2N10O7P2S. The van der Waals surface area contributed by atoms with E-state index in [0.717, 1.165) is 0 Å². The lowest BCUT2D eigenvalue weighted by Crippen LogP contribution is -2.59. The van der Waals surface area contributed by atoms with Crippen molar-refractivity contribution in [3.05, 3.63) is 29.3 Å². The number of anilines is 2. The van der Waals surface area contributed by atoms with Crippen LogP contribution in [0.15, 0.2) is 23.8 Å². The third-order valence-corrected chi connectivity index (χ3v) is 8.59. The number of rotatable bonds is 2. The lowest BCUT2D eigenvalue weighted by atomic mass is 10.1. The molecule has 212 valence electrons. The number of hydrogen-bond donors (Lipinski definition) is 4. The van der Waals surface area contributed by atoms with E-state index in [2.05, 4.69) is 42.2 Å². The molecule has 0 saturated carbocycles. The Kier molecular flexibility index (Phi) is 6.37. The van der Waals surface area contributed by atoms with Crippen molar-refractivity contribution in [3.63, 3.8) is 0 Å². The number of ether oxygens (including phenoxy) is 2. The molecule has 7 rings (SSSR count). The molecule has 40 heavy (non-hydrogen) atoms. The molecule has 3 saturated heterocycles. The highest BCUT2D eigenvalue weighted by Crippen LogP contribution is 2.57. The van der Waals surface area contributed by atoms with E-state index in [-0.39, 0.29) is 40.7 Å². The van der Waals surface area contributed by atoms with Crippen molar-refractivity contribution in [1.82, 2.24) is 39.0 Å². The Labute approximate surface area is 228 Å². The van der Waals surface area contributed by atoms with Gasteiger partial charge in [0.1, 0.15) is 24.1 Å². The van der Waals surface area contributed by atoms with Crippen molar-refractivity contribution in [2.75, 3.05) is 18.1 Å². The van der Waals surface area contributed by atoms with Crippen LogP contribution in [0, 0.1) is 0 Å². The van der Waals surface area contributed by atoms with Crippen LogP contribution in [-0.2, 0) is 27.6 Å². The zero-order valence-corrected chi connectivity index (χ0v) is 22.5. The zero-order valence-electron chi connectivity index (χ0n) is 19.7. The Morgan fingerprint density at radius 1 is 1.15 bits per heavy atom. The fraction of sp³-hybridized carbons (Fsp3) is 0.444. The van der Waals surface area contributed by atoms with Crippen LogP contribution in [0.4, 0.5) is 20.5 Å². The smallest absolute Gasteiger partial charge is 0.359 e. The van der Waals surface area contributed by atoms with E-state index < -0.39 is 65.2 Å². The van der Waals surface area contributed by atoms with Gasteiger partial charge in [-0.2, -0.15) is 9.37 Å². The minimum Gasteiger partial charge on any atom is -0.382 e. The number of fused-ring (bicyclic) bond motifs is 4. The molecule has 4 aromatic heterocycles. The van der Waals surface area contributed by atoms with Crippen molar-refractivity contribution in [2.45, 2.75) is 43.0 Å². The standard InChI is InChI=1S/C18H18F2N10O7P2S/c19-6-9-5(33-15(6)29-3-25-7-11(21)23-2-24-12(7)29)1-32-39(40)36-10-16(34-18(10,20)37-38-35-9)30-4-26-8-13(30)27-17(22)28-14(8)31/h2-6,9-10,15-16,38,40H,1H2,(H2,21,23,24)(H3,22,27,28,31)/t5?,6-,9-,10?,15+,16?,18?,39?/m0/s1. The third-order valence-electron chi connectivity index (χ3n) is 6.45. The molecule has 4 aromatic rings. The topological polar surface area (TPSA) is 215 Å². The van der Waals surface area contributed by atoms with E-state index in [4.69, 9.17) is 39.0 Å². The second kappa shape index (κ2) is 9.71. The molecule has 22 heteroatoms. The molecule has 5 N–H and O–H groups in total. The highest BCUT2D eigenvalue weighted by molar-refractivity contribution is 8.41. The zero-order chi connectivity index (χ0) is 27.8. The first-order valence-electron chi connectivity index (χ1n) is 11.4. The summed E-state index contributed by atoms with van der Waals surface area (Å²) >= 11 is 4.30. The minimum absolute atomic E-state index is 0.0302. The SMILES string of the molecule is Nc1nc2c(ncn2C2OC3(F)OPO[C@H]4C(COP(S)OC23)O[C@@H](n2cnc3c(N)ncnc32)[C@H]4F)c(=O)[nH]1. The van der Waals surface area contributed by atoms with Crippen LogP contribution >= 0.6 is 28.9 Å². The summed E-state index contributed by atoms with van der Waals surface area (Å²) < 4.78 is 67.6. The van der Waals surface area contributed by atoms with Gasteiger partial charge in [0, 0.05) is 0 Å². The lowest BCUT2D eigenvalue weighted by molar-refractivity contribution is -0.442. The van der Waals surface area contributed by atoms with Crippen molar-refractivity contribution in [3.8, 4) is 0 Å². The van der Waals surface area contributed by atoms with E-state index in [1.54, 1.807) is 0 Å². The molecule has 0 aliphatic carbocycles. The summed E-state index contributed by atoms with van der Waals surface area (Å²) in [6.45, 7) is -0.218. The van der Waals surface area contributed by atoms with Crippen LogP contribution in [0.1, 0.15) is 12.5 Å². The van der Waals surface area contributed by atoms with Crippen LogP contribution in [0.3, 0.4) is 0 Å². The Morgan fingerprint density at radius 3 is 2.75 bits per heavy atom. The summed E-state index contributed by atoms with van der Waals surface area (Å²) in [5.41, 5.74) is 11.4. The largest absolute Gasteiger partial charge is 0.382 e. The molecule has 0 spiro atoms. The third kappa shape index (κ3) is 4.14. The molecule has 0 bridgehead atoms. The van der Waals surface area contributed by atoms with Gasteiger partial charge in [-0.3, -0.25) is 28.2 Å². The van der Waals surface area contributed by atoms with Crippen LogP contribution < -0.4 is 17.0 Å². The van der Waals surface area contributed by atoms with E-state index >= 15 is 8.78 Å². The number of nitrogens with two attached hydrogens (primary N) is 2. The average molecular weight is 618 g/mol. The predicted octanol–water partition coefficient (Wildman–Crippen LogP) is 0.994. The van der Waals surface area contributed by atoms with Gasteiger partial charge < -0.3 is 29.8 Å². The molecule has 7 heterocycles. The van der Waals surface area contributed by atoms with Crippen LogP contribution in [0.2, 0.25) is 0 Å². The van der Waals surface area contributed by atoms with Gasteiger partial charge in [0.15, 0.2) is 56.4 Å². The Morgan fingerprint density at radius 2 is 1.93 bits per heavy atom. The first-order chi connectivity index (χ1) is 19.2. The number of nitrogens with zero attached hydrogens (tertiary/aromatic N) is 7. The lowest BCUT2D eigenvalue weighted by Gasteiger charge is -2.47. The Balaban J connectivity index is 1.12. The predicted molar refractivity (Wildman–Crippen MR) is 136 cm³/mol. The van der Waals surface area contributed by atoms with Gasteiger partial charge in [-0.1, -0.05) is 12.2 Å². The maximum absolute atomic E-state index is 15.7. The summed E-state index contributed by atoms with van der Waals surface area (Å²) in [6, 6.07) is -2.83. The Hall–Kier alpha value is -2.67. The summed E-state index contributed by atoms with van der Waals surface area (Å²) in [5.74, 6) is -0.0550. The van der Waals surface area contributed by atoms with E-state index in [1.807, 2.05) is 0 Å². The van der Waals surface area contributed by atoms with E-state index in [0.29, 0.717) is 0 Å². The van der Waals surface area contributed by atoms with Crippen molar-refractivity contribution < 1.29 is 36.3 Å². The maximum atomic E-state index is 15.7. The fourth-order valence-corrected chi connectivity index (χ4v) is 6.55. The number of aromatic nitrogens is 8. The second-order valence-electron chi connectivity index (χ2n) is 8.79. The van der Waals surface area contributed by atoms with Gasteiger partial charge in [0.25, 0.3) is 5.56 Å². The van der Waals surface area contributed by atoms with Gasteiger partial charge in [-0.25, -0.2) is 24.3 Å². The number of imidazole rings is 2. The second-order valence-corrected chi connectivity index (χ2v) is 11.3. The summed E-state index contributed by atoms with van der Waals surface area (Å²) in [6.07, 6.45) is -4.06. The highest BCUT2D eigenvalue weighted by atomic mass is 32.7. The van der Waals surface area contributed by atoms with E-state index in [9.17, 15) is 4.79 Å². The molecule has 3 aliphatic heterocycles. The number of aromatic amines is 1. The minimum atomic E-state index is -2.83. The summed E-state index contributed by atoms with van der Waals surface area (Å²) in [4.78, 5) is 34.6. The normalized spacial score (nSPS) is 35.3. The monoisotopic (exact) mass is 618 g/mol.